The van der Waals surface area contributed by atoms with Gasteiger partial charge >= 0.3 is 0 Å². The topological polar surface area (TPSA) is 34.4 Å². The molecule has 0 atom stereocenters. The van der Waals surface area contributed by atoms with Gasteiger partial charge in [0.2, 0.25) is 5.78 Å². The Labute approximate surface area is 138 Å². The predicted molar refractivity (Wildman–Crippen MR) is 90.5 cm³/mol. The largest absolute Gasteiger partial charge is 0.299 e. The van der Waals surface area contributed by atoms with Gasteiger partial charge in [-0.1, -0.05) is 36.4 Å². The summed E-state index contributed by atoms with van der Waals surface area (Å²) in [6, 6.07) is 20.8. The van der Waals surface area contributed by atoms with Crippen LogP contribution < -0.4 is 0 Å². The van der Waals surface area contributed by atoms with Gasteiger partial charge in [0.15, 0.2) is 0 Å². The van der Waals surface area contributed by atoms with Gasteiger partial charge in [-0.15, -0.1) is 0 Å². The van der Waals surface area contributed by atoms with E-state index in [-0.39, 0.29) is 11.6 Å². The fraction of sp³-hybridized carbons (Fsp3) is 0. The highest BCUT2D eigenvalue weighted by Gasteiger charge is 2.19. The van der Waals surface area contributed by atoms with E-state index >= 15 is 0 Å². The predicted octanol–water partition coefficient (Wildman–Crippen LogP) is 4.37. The van der Waals surface area contributed by atoms with Crippen molar-refractivity contribution in [3.05, 3.63) is 96.1 Å². The highest BCUT2D eigenvalue weighted by atomic mass is 19.1. The smallest absolute Gasteiger partial charge is 0.213 e. The molecule has 0 saturated carbocycles. The number of benzene rings is 2. The summed E-state index contributed by atoms with van der Waals surface area (Å²) >= 11 is 0. The van der Waals surface area contributed by atoms with Crippen molar-refractivity contribution < 1.29 is 9.18 Å². The zero-order chi connectivity index (χ0) is 16.5. The van der Waals surface area contributed by atoms with Crippen molar-refractivity contribution in [3.63, 3.8) is 0 Å². The normalized spacial score (nSPS) is 10.9. The Hall–Kier alpha value is -3.27. The molecule has 3 nitrogen and oxygen atoms in total. The van der Waals surface area contributed by atoms with Crippen LogP contribution >= 0.6 is 0 Å². The molecule has 0 aliphatic carbocycles. The van der Waals surface area contributed by atoms with Gasteiger partial charge in [0.1, 0.15) is 17.3 Å². The molecule has 0 aliphatic heterocycles. The van der Waals surface area contributed by atoms with Crippen molar-refractivity contribution in [2.45, 2.75) is 0 Å². The Morgan fingerprint density at radius 1 is 0.875 bits per heavy atom. The van der Waals surface area contributed by atoms with Crippen LogP contribution in [0.2, 0.25) is 0 Å². The number of nitrogens with zero attached hydrogens (tertiary/aromatic N) is 2. The van der Waals surface area contributed by atoms with E-state index in [9.17, 15) is 9.18 Å². The molecule has 0 bridgehead atoms. The summed E-state index contributed by atoms with van der Waals surface area (Å²) < 4.78 is 15.0. The van der Waals surface area contributed by atoms with Gasteiger partial charge in [-0.25, -0.2) is 9.37 Å². The monoisotopic (exact) mass is 316 g/mol. The van der Waals surface area contributed by atoms with E-state index in [2.05, 4.69) is 4.98 Å². The van der Waals surface area contributed by atoms with Crippen molar-refractivity contribution >= 4 is 11.3 Å². The highest BCUT2D eigenvalue weighted by Crippen LogP contribution is 2.24. The van der Waals surface area contributed by atoms with Gasteiger partial charge in [0.25, 0.3) is 0 Å². The molecule has 0 amide bonds. The molecule has 2 aromatic carbocycles. The minimum atomic E-state index is -0.369. The summed E-state index contributed by atoms with van der Waals surface area (Å²) in [7, 11) is 0. The highest BCUT2D eigenvalue weighted by molar-refractivity contribution is 6.12. The SMILES string of the molecule is O=C(c1ccc(F)cc1)c1nc(-c2ccccc2)n2ccccc12. The lowest BCUT2D eigenvalue weighted by Crippen LogP contribution is -2.02. The first-order valence-corrected chi connectivity index (χ1v) is 7.57. The first kappa shape index (κ1) is 14.3. The van der Waals surface area contributed by atoms with Gasteiger partial charge in [-0.3, -0.25) is 9.20 Å². The maximum absolute atomic E-state index is 13.1. The molecule has 2 aromatic heterocycles. The van der Waals surface area contributed by atoms with Gasteiger partial charge in [-0.2, -0.15) is 0 Å². The third kappa shape index (κ3) is 2.38. The molecule has 0 saturated heterocycles. The summed E-state index contributed by atoms with van der Waals surface area (Å²) in [5, 5.41) is 0. The van der Waals surface area contributed by atoms with Crippen LogP contribution in [-0.2, 0) is 0 Å². The number of aromatic nitrogens is 2. The summed E-state index contributed by atoms with van der Waals surface area (Å²) in [5.74, 6) is 0.115. The lowest BCUT2D eigenvalue weighted by atomic mass is 10.1. The van der Waals surface area contributed by atoms with Crippen molar-refractivity contribution in [2.75, 3.05) is 0 Å². The fourth-order valence-corrected chi connectivity index (χ4v) is 2.73. The molecule has 116 valence electrons. The molecule has 4 aromatic rings. The van der Waals surface area contributed by atoms with Gasteiger partial charge in [0, 0.05) is 17.3 Å². The van der Waals surface area contributed by atoms with Gasteiger partial charge in [-0.05, 0) is 36.4 Å². The van der Waals surface area contributed by atoms with Crippen LogP contribution in [0.15, 0.2) is 79.0 Å². The Bertz CT molecular complexity index is 1020. The molecule has 0 N–H and O–H groups in total. The van der Waals surface area contributed by atoms with E-state index in [1.54, 1.807) is 0 Å². The molecule has 0 radical (unpaired) electrons. The second kappa shape index (κ2) is 5.74. The maximum atomic E-state index is 13.1. The van der Waals surface area contributed by atoms with Crippen molar-refractivity contribution in [1.82, 2.24) is 9.38 Å². The lowest BCUT2D eigenvalue weighted by Gasteiger charge is -2.00. The minimum Gasteiger partial charge on any atom is -0.299 e. The average molecular weight is 316 g/mol. The molecule has 0 aliphatic rings. The number of ketones is 1. The van der Waals surface area contributed by atoms with Gasteiger partial charge < -0.3 is 0 Å². The van der Waals surface area contributed by atoms with Crippen LogP contribution in [0.3, 0.4) is 0 Å². The second-order valence-electron chi connectivity index (χ2n) is 5.44. The van der Waals surface area contributed by atoms with E-state index in [0.29, 0.717) is 17.1 Å². The number of rotatable bonds is 3. The van der Waals surface area contributed by atoms with Crippen molar-refractivity contribution in [2.24, 2.45) is 0 Å². The zero-order valence-electron chi connectivity index (χ0n) is 12.7. The van der Waals surface area contributed by atoms with E-state index < -0.39 is 0 Å². The standard InChI is InChI=1S/C20H13FN2O/c21-16-11-9-14(10-12-16)19(24)18-17-8-4-5-13-23(17)20(22-18)15-6-2-1-3-7-15/h1-13H. The molecule has 4 heteroatoms. The Morgan fingerprint density at radius 2 is 1.58 bits per heavy atom. The third-order valence-electron chi connectivity index (χ3n) is 3.90. The van der Waals surface area contributed by atoms with Crippen LogP contribution in [0.1, 0.15) is 16.1 Å². The number of hydrogen-bond donors (Lipinski definition) is 0. The molecule has 24 heavy (non-hydrogen) atoms. The van der Waals surface area contributed by atoms with Crippen LogP contribution in [0.5, 0.6) is 0 Å². The fourth-order valence-electron chi connectivity index (χ4n) is 2.73. The molecule has 0 fully saturated rings. The number of halogens is 1. The Kier molecular flexibility index (Phi) is 3.43. The lowest BCUT2D eigenvalue weighted by molar-refractivity contribution is 0.103. The van der Waals surface area contributed by atoms with Crippen molar-refractivity contribution in [3.8, 4) is 11.4 Å². The van der Waals surface area contributed by atoms with E-state index in [1.807, 2.05) is 59.1 Å². The summed E-state index contributed by atoms with van der Waals surface area (Å²) in [5.41, 5.74) is 2.43. The maximum Gasteiger partial charge on any atom is 0.213 e. The number of fused-ring (bicyclic) bond motifs is 1. The first-order chi connectivity index (χ1) is 11.7. The molecule has 0 spiro atoms. The molecule has 4 rings (SSSR count). The number of pyridine rings is 1. The summed E-state index contributed by atoms with van der Waals surface area (Å²) in [6.45, 7) is 0. The number of imidazole rings is 1. The van der Waals surface area contributed by atoms with Crippen LogP contribution in [0.4, 0.5) is 4.39 Å². The summed E-state index contributed by atoms with van der Waals surface area (Å²) in [4.78, 5) is 17.4. The average Bonchev–Trinajstić information content (AvgIpc) is 3.02. The molecular weight excluding hydrogens is 303 g/mol. The quantitative estimate of drug-likeness (QED) is 0.526. The van der Waals surface area contributed by atoms with Gasteiger partial charge in [0.05, 0.1) is 5.52 Å². The number of hydrogen-bond acceptors (Lipinski definition) is 2. The minimum absolute atomic E-state index is 0.221. The molecule has 2 heterocycles. The van der Waals surface area contributed by atoms with Crippen LogP contribution in [-0.4, -0.2) is 15.2 Å². The second-order valence-corrected chi connectivity index (χ2v) is 5.44. The Morgan fingerprint density at radius 3 is 2.33 bits per heavy atom. The molecular formula is C20H13FN2O. The Balaban J connectivity index is 1.90. The zero-order valence-corrected chi connectivity index (χ0v) is 12.7. The van der Waals surface area contributed by atoms with E-state index in [1.165, 1.54) is 24.3 Å². The summed E-state index contributed by atoms with van der Waals surface area (Å²) in [6.07, 6.45) is 1.88. The van der Waals surface area contributed by atoms with Crippen molar-refractivity contribution in [1.29, 1.82) is 0 Å². The number of carbonyl (C=O) groups is 1. The van der Waals surface area contributed by atoms with E-state index in [4.69, 9.17) is 0 Å². The molecule has 0 unspecified atom stereocenters. The third-order valence-corrected chi connectivity index (χ3v) is 3.90. The number of carbonyl (C=O) groups excluding carboxylic acids is 1. The first-order valence-electron chi connectivity index (χ1n) is 7.57. The van der Waals surface area contributed by atoms with E-state index in [0.717, 1.165) is 11.1 Å². The van der Waals surface area contributed by atoms with Crippen LogP contribution in [0.25, 0.3) is 16.9 Å². The van der Waals surface area contributed by atoms with Crippen LogP contribution in [0, 0.1) is 5.82 Å².